The van der Waals surface area contributed by atoms with Gasteiger partial charge in [-0.1, -0.05) is 60.6 Å². The van der Waals surface area contributed by atoms with Gasteiger partial charge in [0.2, 0.25) is 0 Å². The normalized spacial score (nSPS) is 11.3. The van der Waals surface area contributed by atoms with Crippen LogP contribution in [0.15, 0.2) is 62.9 Å². The third-order valence-electron chi connectivity index (χ3n) is 4.80. The molecule has 0 bridgehead atoms. The van der Waals surface area contributed by atoms with Crippen LogP contribution in [-0.2, 0) is 18.7 Å². The molecule has 0 aliphatic carbocycles. The summed E-state index contributed by atoms with van der Waals surface area (Å²) >= 11 is 7.94. The molecule has 0 aliphatic rings. The first-order valence-corrected chi connectivity index (χ1v) is 10.8. The van der Waals surface area contributed by atoms with Gasteiger partial charge in [-0.25, -0.2) is 4.79 Å². The smallest absolute Gasteiger partial charge is 0.336 e. The topological polar surface area (TPSA) is 60.9 Å². The lowest BCUT2D eigenvalue weighted by atomic mass is 10.1. The molecule has 0 N–H and O–H groups in total. The predicted octanol–water partition coefficient (Wildman–Crippen LogP) is 5.58. The van der Waals surface area contributed by atoms with Crippen LogP contribution < -0.4 is 5.63 Å². The van der Waals surface area contributed by atoms with Gasteiger partial charge in [0.25, 0.3) is 0 Å². The van der Waals surface area contributed by atoms with Crippen molar-refractivity contribution in [2.75, 3.05) is 0 Å². The molecule has 5 nitrogen and oxygen atoms in total. The van der Waals surface area contributed by atoms with Gasteiger partial charge >= 0.3 is 5.63 Å². The molecule has 2 aromatic carbocycles. The Balaban J connectivity index is 1.68. The summed E-state index contributed by atoms with van der Waals surface area (Å²) in [6.07, 6.45) is 0.777. The number of halogens is 1. The molecule has 0 aliphatic heterocycles. The summed E-state index contributed by atoms with van der Waals surface area (Å²) in [6, 6.07) is 15.3. The molecule has 0 atom stereocenters. The SMILES string of the molecule is CCc1cc2oc(=O)cc(CSc3nnc(-c4ccccc4)n3CC)c2cc1Cl. The van der Waals surface area contributed by atoms with Gasteiger partial charge in [-0.3, -0.25) is 0 Å². The van der Waals surface area contributed by atoms with Crippen LogP contribution in [0.5, 0.6) is 0 Å². The second-order valence-corrected chi connectivity index (χ2v) is 7.94. The highest BCUT2D eigenvalue weighted by Gasteiger charge is 2.15. The standard InChI is InChI=1S/C22H20ClN3O2S/c1-3-14-10-19-17(12-18(14)23)16(11-20(27)28-19)13-29-22-25-24-21(26(22)4-2)15-8-6-5-7-9-15/h5-12H,3-4,13H2,1-2H3. The highest BCUT2D eigenvalue weighted by atomic mass is 35.5. The maximum absolute atomic E-state index is 12.1. The van der Waals surface area contributed by atoms with E-state index in [9.17, 15) is 4.79 Å². The number of benzene rings is 2. The maximum Gasteiger partial charge on any atom is 0.336 e. The minimum Gasteiger partial charge on any atom is -0.423 e. The zero-order valence-electron chi connectivity index (χ0n) is 16.2. The summed E-state index contributed by atoms with van der Waals surface area (Å²) in [5.74, 6) is 1.40. The molecule has 0 saturated heterocycles. The van der Waals surface area contributed by atoms with Crippen LogP contribution in [0.25, 0.3) is 22.4 Å². The number of aryl methyl sites for hydroxylation is 1. The molecule has 0 fully saturated rings. The molecule has 29 heavy (non-hydrogen) atoms. The van der Waals surface area contributed by atoms with Crippen LogP contribution in [0.4, 0.5) is 0 Å². The quantitative estimate of drug-likeness (QED) is 0.298. The Morgan fingerprint density at radius 2 is 1.86 bits per heavy atom. The van der Waals surface area contributed by atoms with Crippen molar-refractivity contribution >= 4 is 34.3 Å². The summed E-state index contributed by atoms with van der Waals surface area (Å²) in [4.78, 5) is 12.1. The van der Waals surface area contributed by atoms with Crippen LogP contribution in [-0.4, -0.2) is 14.8 Å². The fourth-order valence-corrected chi connectivity index (χ4v) is 4.59. The first-order chi connectivity index (χ1) is 14.1. The lowest BCUT2D eigenvalue weighted by molar-refractivity contribution is 0.559. The molecular weight excluding hydrogens is 406 g/mol. The highest BCUT2D eigenvalue weighted by molar-refractivity contribution is 7.98. The Kier molecular flexibility index (Phi) is 5.74. The lowest BCUT2D eigenvalue weighted by Gasteiger charge is -2.09. The molecule has 4 aromatic rings. The molecule has 0 unspecified atom stereocenters. The van der Waals surface area contributed by atoms with Gasteiger partial charge in [0.1, 0.15) is 5.58 Å². The predicted molar refractivity (Wildman–Crippen MR) is 118 cm³/mol. The van der Waals surface area contributed by atoms with E-state index in [0.29, 0.717) is 16.4 Å². The van der Waals surface area contributed by atoms with Crippen LogP contribution in [0, 0.1) is 0 Å². The van der Waals surface area contributed by atoms with E-state index in [-0.39, 0.29) is 5.63 Å². The largest absolute Gasteiger partial charge is 0.423 e. The lowest BCUT2D eigenvalue weighted by Crippen LogP contribution is -2.02. The van der Waals surface area contributed by atoms with Crippen molar-refractivity contribution in [1.82, 2.24) is 14.8 Å². The van der Waals surface area contributed by atoms with Crippen molar-refractivity contribution < 1.29 is 4.42 Å². The van der Waals surface area contributed by atoms with E-state index in [2.05, 4.69) is 21.7 Å². The second kappa shape index (κ2) is 8.43. The van der Waals surface area contributed by atoms with Crippen molar-refractivity contribution in [3.05, 3.63) is 75.1 Å². The molecule has 7 heteroatoms. The zero-order valence-corrected chi connectivity index (χ0v) is 17.8. The fourth-order valence-electron chi connectivity index (χ4n) is 3.30. The first-order valence-electron chi connectivity index (χ1n) is 9.47. The van der Waals surface area contributed by atoms with E-state index in [1.807, 2.05) is 49.4 Å². The van der Waals surface area contributed by atoms with Gasteiger partial charge in [-0.05, 0) is 36.6 Å². The first kappa shape index (κ1) is 19.7. The van der Waals surface area contributed by atoms with Gasteiger partial charge in [-0.2, -0.15) is 0 Å². The summed E-state index contributed by atoms with van der Waals surface area (Å²) < 4.78 is 7.48. The Hall–Kier alpha value is -2.57. The fraction of sp³-hybridized carbons (Fsp3) is 0.227. The van der Waals surface area contributed by atoms with E-state index in [4.69, 9.17) is 16.0 Å². The number of fused-ring (bicyclic) bond motifs is 1. The zero-order chi connectivity index (χ0) is 20.4. The average molecular weight is 426 g/mol. The van der Waals surface area contributed by atoms with Crippen LogP contribution in [0.3, 0.4) is 0 Å². The molecule has 148 valence electrons. The van der Waals surface area contributed by atoms with Crippen LogP contribution in [0.2, 0.25) is 5.02 Å². The van der Waals surface area contributed by atoms with Gasteiger partial charge in [0, 0.05) is 34.3 Å². The molecule has 2 heterocycles. The van der Waals surface area contributed by atoms with Crippen molar-refractivity contribution in [3.8, 4) is 11.4 Å². The number of nitrogens with zero attached hydrogens (tertiary/aromatic N) is 3. The molecule has 2 aromatic heterocycles. The van der Waals surface area contributed by atoms with Gasteiger partial charge < -0.3 is 8.98 Å². The molecular formula is C22H20ClN3O2S. The van der Waals surface area contributed by atoms with Crippen LogP contribution in [0.1, 0.15) is 25.0 Å². The Morgan fingerprint density at radius 1 is 1.07 bits per heavy atom. The third kappa shape index (κ3) is 3.95. The van der Waals surface area contributed by atoms with Gasteiger partial charge in [0.15, 0.2) is 11.0 Å². The monoisotopic (exact) mass is 425 g/mol. The number of hydrogen-bond acceptors (Lipinski definition) is 5. The van der Waals surface area contributed by atoms with Gasteiger partial charge in [0.05, 0.1) is 0 Å². The molecule has 0 spiro atoms. The average Bonchev–Trinajstić information content (AvgIpc) is 3.15. The number of thioether (sulfide) groups is 1. The highest BCUT2D eigenvalue weighted by Crippen LogP contribution is 2.31. The van der Waals surface area contributed by atoms with Crippen LogP contribution >= 0.6 is 23.4 Å². The summed E-state index contributed by atoms with van der Waals surface area (Å²) in [7, 11) is 0. The maximum atomic E-state index is 12.1. The summed E-state index contributed by atoms with van der Waals surface area (Å²) in [5, 5.41) is 11.1. The van der Waals surface area contributed by atoms with E-state index in [1.165, 1.54) is 6.07 Å². The van der Waals surface area contributed by atoms with Crippen molar-refractivity contribution in [2.24, 2.45) is 0 Å². The van der Waals surface area contributed by atoms with Crippen molar-refractivity contribution in [2.45, 2.75) is 37.7 Å². The summed E-state index contributed by atoms with van der Waals surface area (Å²) in [6.45, 7) is 4.84. The Bertz CT molecular complexity index is 1220. The van der Waals surface area contributed by atoms with E-state index < -0.39 is 0 Å². The molecule has 0 radical (unpaired) electrons. The second-order valence-electron chi connectivity index (χ2n) is 6.59. The molecule has 0 saturated carbocycles. The van der Waals surface area contributed by atoms with E-state index in [1.54, 1.807) is 11.8 Å². The minimum absolute atomic E-state index is 0.362. The Morgan fingerprint density at radius 3 is 2.59 bits per heavy atom. The number of aromatic nitrogens is 3. The molecule has 0 amide bonds. The minimum atomic E-state index is -0.362. The van der Waals surface area contributed by atoms with Crippen molar-refractivity contribution in [1.29, 1.82) is 0 Å². The Labute approximate surface area is 177 Å². The van der Waals surface area contributed by atoms with E-state index >= 15 is 0 Å². The summed E-state index contributed by atoms with van der Waals surface area (Å²) in [5.41, 5.74) is 3.07. The number of rotatable bonds is 6. The third-order valence-corrected chi connectivity index (χ3v) is 6.17. The molecule has 4 rings (SSSR count). The van der Waals surface area contributed by atoms with Crippen molar-refractivity contribution in [3.63, 3.8) is 0 Å². The van der Waals surface area contributed by atoms with Gasteiger partial charge in [-0.15, -0.1) is 10.2 Å². The number of hydrogen-bond donors (Lipinski definition) is 0. The van der Waals surface area contributed by atoms with E-state index in [0.717, 1.165) is 46.0 Å².